The molecule has 3 rings (SSSR count). The minimum absolute atomic E-state index is 0.100. The predicted octanol–water partition coefficient (Wildman–Crippen LogP) is 3.64. The monoisotopic (exact) mass is 374 g/mol. The molecule has 0 aromatic carbocycles. The Hall–Kier alpha value is -2.97. The van der Waals surface area contributed by atoms with Crippen LogP contribution in [0.15, 0.2) is 34.3 Å². The zero-order chi connectivity index (χ0) is 19.8. The van der Waals surface area contributed by atoms with Crippen LogP contribution in [-0.2, 0) is 6.54 Å². The van der Waals surface area contributed by atoms with Crippen molar-refractivity contribution in [3.05, 3.63) is 46.6 Å². The number of hydrogen-bond donors (Lipinski definition) is 2. The molecular weight excluding hydrogens is 348 g/mol. The van der Waals surface area contributed by atoms with Crippen LogP contribution in [0.1, 0.15) is 37.9 Å². The lowest BCUT2D eigenvalue weighted by Gasteiger charge is -2.36. The predicted molar refractivity (Wildman–Crippen MR) is 102 cm³/mol. The van der Waals surface area contributed by atoms with Crippen molar-refractivity contribution in [2.75, 3.05) is 25.5 Å². The first-order valence-electron chi connectivity index (χ1n) is 8.76. The molecule has 27 heavy (non-hydrogen) atoms. The van der Waals surface area contributed by atoms with Gasteiger partial charge in [0.05, 0.1) is 24.8 Å². The summed E-state index contributed by atoms with van der Waals surface area (Å²) in [6.07, 6.45) is 3.97. The molecule has 0 fully saturated rings. The van der Waals surface area contributed by atoms with E-state index in [1.54, 1.807) is 31.6 Å². The number of aromatic nitrogens is 2. The van der Waals surface area contributed by atoms with Crippen molar-refractivity contribution >= 4 is 11.8 Å². The molecule has 146 valence electrons. The third-order valence-corrected chi connectivity index (χ3v) is 4.13. The summed E-state index contributed by atoms with van der Waals surface area (Å²) in [5.41, 5.74) is 8.71. The van der Waals surface area contributed by atoms with E-state index in [9.17, 15) is 4.79 Å². The van der Waals surface area contributed by atoms with Crippen LogP contribution in [0.2, 0.25) is 0 Å². The van der Waals surface area contributed by atoms with Gasteiger partial charge in [0, 0.05) is 25.6 Å². The third-order valence-electron chi connectivity index (χ3n) is 4.13. The Morgan fingerprint density at radius 1 is 1.48 bits per heavy atom. The van der Waals surface area contributed by atoms with Gasteiger partial charge in [0.15, 0.2) is 5.82 Å². The van der Waals surface area contributed by atoms with Crippen molar-refractivity contribution in [2.24, 2.45) is 11.0 Å². The highest BCUT2D eigenvalue weighted by Crippen LogP contribution is 2.30. The Morgan fingerprint density at radius 3 is 2.89 bits per heavy atom. The van der Waals surface area contributed by atoms with Crippen LogP contribution >= 0.6 is 0 Å². The van der Waals surface area contributed by atoms with Gasteiger partial charge in [-0.2, -0.15) is 0 Å². The van der Waals surface area contributed by atoms with Crippen molar-refractivity contribution in [1.29, 1.82) is 0 Å². The molecule has 1 aliphatic rings. The molecule has 2 amide bonds. The summed E-state index contributed by atoms with van der Waals surface area (Å²) in [6.45, 7) is 5.38. The average Bonchev–Trinajstić information content (AvgIpc) is 3.32. The molecular formula is C17H26N8O2. The second-order valence-corrected chi connectivity index (χ2v) is 6.59. The standard InChI is InChI=1S/C12H15N5O2.C5H11N3/c1-16-10(13-6-8-4-3-5-19-8)9-11(15-7-14-9)17(2)12(16)18;1-5(2)3-4-7-8-6/h3-5,7,10,13H,6H2,1-2H3,(H,14,15);5H,3-4H2,1-2H3. The molecule has 3 heterocycles. The molecule has 2 aromatic rings. The fourth-order valence-electron chi connectivity index (χ4n) is 2.61. The van der Waals surface area contributed by atoms with Gasteiger partial charge >= 0.3 is 6.03 Å². The Kier molecular flexibility index (Phi) is 7.27. The number of urea groups is 1. The second-order valence-electron chi connectivity index (χ2n) is 6.59. The van der Waals surface area contributed by atoms with Crippen LogP contribution in [0.25, 0.3) is 10.4 Å². The molecule has 1 atom stereocenters. The number of nitrogens with one attached hydrogen (secondary N) is 2. The quantitative estimate of drug-likeness (QED) is 0.454. The van der Waals surface area contributed by atoms with E-state index in [2.05, 4.69) is 39.2 Å². The lowest BCUT2D eigenvalue weighted by Crippen LogP contribution is -2.50. The molecule has 0 bridgehead atoms. The zero-order valence-corrected chi connectivity index (χ0v) is 16.1. The van der Waals surface area contributed by atoms with Gasteiger partial charge in [-0.05, 0) is 30.0 Å². The number of H-pyrrole nitrogens is 1. The number of rotatable bonds is 6. The lowest BCUT2D eigenvalue weighted by molar-refractivity contribution is 0.177. The van der Waals surface area contributed by atoms with Gasteiger partial charge in [-0.3, -0.25) is 10.2 Å². The molecule has 2 N–H and O–H groups in total. The topological polar surface area (TPSA) is 126 Å². The number of hydrogen-bond acceptors (Lipinski definition) is 5. The highest BCUT2D eigenvalue weighted by Gasteiger charge is 2.35. The number of carbonyl (C=O) groups is 1. The number of imidazole rings is 1. The Morgan fingerprint density at radius 2 is 2.26 bits per heavy atom. The highest BCUT2D eigenvalue weighted by molar-refractivity contribution is 5.93. The first-order valence-corrected chi connectivity index (χ1v) is 8.76. The van der Waals surface area contributed by atoms with Gasteiger partial charge in [-0.25, -0.2) is 9.78 Å². The third kappa shape index (κ3) is 5.25. The van der Waals surface area contributed by atoms with E-state index in [-0.39, 0.29) is 12.2 Å². The van der Waals surface area contributed by atoms with Gasteiger partial charge in [0.25, 0.3) is 0 Å². The van der Waals surface area contributed by atoms with Crippen molar-refractivity contribution in [1.82, 2.24) is 20.2 Å². The van der Waals surface area contributed by atoms with Crippen LogP contribution in [-0.4, -0.2) is 41.5 Å². The van der Waals surface area contributed by atoms with Gasteiger partial charge in [0.2, 0.25) is 0 Å². The summed E-state index contributed by atoms with van der Waals surface area (Å²) in [5.74, 6) is 2.11. The van der Waals surface area contributed by atoms with Gasteiger partial charge in [-0.1, -0.05) is 19.0 Å². The first kappa shape index (κ1) is 20.3. The molecule has 10 heteroatoms. The summed E-state index contributed by atoms with van der Waals surface area (Å²) >= 11 is 0. The Balaban J connectivity index is 0.000000279. The van der Waals surface area contributed by atoms with Crippen LogP contribution in [0.5, 0.6) is 0 Å². The summed E-state index contributed by atoms with van der Waals surface area (Å²) in [7, 11) is 3.46. The van der Waals surface area contributed by atoms with Crippen LogP contribution in [0.3, 0.4) is 0 Å². The highest BCUT2D eigenvalue weighted by atomic mass is 16.3. The number of amides is 2. The Labute approximate surface area is 158 Å². The molecule has 0 saturated carbocycles. The molecule has 0 spiro atoms. The van der Waals surface area contributed by atoms with Gasteiger partial charge in [-0.15, -0.1) is 0 Å². The summed E-state index contributed by atoms with van der Waals surface area (Å²) in [5, 5.41) is 6.67. The van der Waals surface area contributed by atoms with E-state index in [1.165, 1.54) is 4.90 Å². The maximum atomic E-state index is 12.1. The SMILES string of the molecule is CC(C)CCN=[N+]=[N-].CN1C(=O)N(C)C(NCc2ccco2)c2[nH]cnc21. The van der Waals surface area contributed by atoms with E-state index in [1.807, 2.05) is 12.1 Å². The van der Waals surface area contributed by atoms with Crippen molar-refractivity contribution in [3.63, 3.8) is 0 Å². The smallest absolute Gasteiger partial charge is 0.326 e. The van der Waals surface area contributed by atoms with Gasteiger partial charge < -0.3 is 14.3 Å². The summed E-state index contributed by atoms with van der Waals surface area (Å²) in [4.78, 5) is 25.1. The van der Waals surface area contributed by atoms with Crippen molar-refractivity contribution < 1.29 is 9.21 Å². The van der Waals surface area contributed by atoms with Gasteiger partial charge in [0.1, 0.15) is 11.9 Å². The normalized spacial score (nSPS) is 15.9. The number of nitrogens with zero attached hydrogens (tertiary/aromatic N) is 6. The number of aromatic amines is 1. The minimum atomic E-state index is -0.244. The van der Waals surface area contributed by atoms with E-state index in [0.717, 1.165) is 17.9 Å². The molecule has 1 aliphatic heterocycles. The lowest BCUT2D eigenvalue weighted by atomic mass is 10.1. The number of carbonyl (C=O) groups excluding carboxylic acids is 1. The summed E-state index contributed by atoms with van der Waals surface area (Å²) < 4.78 is 5.28. The zero-order valence-electron chi connectivity index (χ0n) is 16.1. The molecule has 10 nitrogen and oxygen atoms in total. The second kappa shape index (κ2) is 9.65. The average molecular weight is 374 g/mol. The van der Waals surface area contributed by atoms with E-state index >= 15 is 0 Å². The molecule has 2 aromatic heterocycles. The number of azide groups is 1. The van der Waals surface area contributed by atoms with Crippen molar-refractivity contribution in [2.45, 2.75) is 33.0 Å². The number of anilines is 1. The van der Waals surface area contributed by atoms with Crippen LogP contribution < -0.4 is 10.2 Å². The molecule has 0 radical (unpaired) electrons. The first-order chi connectivity index (χ1) is 13.0. The van der Waals surface area contributed by atoms with Crippen LogP contribution in [0, 0.1) is 5.92 Å². The fraction of sp³-hybridized carbons (Fsp3) is 0.529. The van der Waals surface area contributed by atoms with Crippen molar-refractivity contribution in [3.8, 4) is 0 Å². The van der Waals surface area contributed by atoms with E-state index in [4.69, 9.17) is 9.95 Å². The number of furan rings is 1. The molecule has 1 unspecified atom stereocenters. The van der Waals surface area contributed by atoms with E-state index < -0.39 is 0 Å². The van der Waals surface area contributed by atoms with Crippen LogP contribution in [0.4, 0.5) is 10.6 Å². The minimum Gasteiger partial charge on any atom is -0.468 e. The number of fused-ring (bicyclic) bond motifs is 1. The Bertz CT molecular complexity index is 764. The maximum absolute atomic E-state index is 12.1. The molecule has 0 saturated heterocycles. The van der Waals surface area contributed by atoms with E-state index in [0.29, 0.717) is 24.8 Å². The largest absolute Gasteiger partial charge is 0.468 e. The molecule has 0 aliphatic carbocycles. The maximum Gasteiger partial charge on any atom is 0.326 e. The fourth-order valence-corrected chi connectivity index (χ4v) is 2.61. The summed E-state index contributed by atoms with van der Waals surface area (Å²) in [6, 6.07) is 3.62.